The van der Waals surface area contributed by atoms with Gasteiger partial charge in [-0.05, 0) is 78.6 Å². The zero-order chi connectivity index (χ0) is 22.1. The molecule has 164 valence electrons. The number of carbonyl (C=O) groups excluding carboxylic acids is 1. The molecule has 2 atom stereocenters. The van der Waals surface area contributed by atoms with Crippen LogP contribution < -0.4 is 0 Å². The molecule has 0 radical (unpaired) electrons. The maximum absolute atomic E-state index is 12.7. The quantitative estimate of drug-likeness (QED) is 0.338. The van der Waals surface area contributed by atoms with Crippen LogP contribution in [0.25, 0.3) is 0 Å². The Morgan fingerprint density at radius 1 is 0.786 bits per heavy atom. The fraction of sp³-hybridized carbons (Fsp3) is 0.833. The Balaban J connectivity index is 3.33. The molecule has 10 heteroatoms. The van der Waals surface area contributed by atoms with E-state index in [4.69, 9.17) is 22.4 Å². The van der Waals surface area contributed by atoms with Crippen LogP contribution in [0.4, 0.5) is 0 Å². The van der Waals surface area contributed by atoms with E-state index < -0.39 is 51.4 Å². The molecule has 0 aromatic carbocycles. The predicted molar refractivity (Wildman–Crippen MR) is 123 cm³/mol. The van der Waals surface area contributed by atoms with E-state index in [-0.39, 0.29) is 5.76 Å². The van der Waals surface area contributed by atoms with Crippen molar-refractivity contribution >= 4 is 39.2 Å². The summed E-state index contributed by atoms with van der Waals surface area (Å²) in [5.41, 5.74) is 0. The van der Waals surface area contributed by atoms with Crippen molar-refractivity contribution in [1.82, 2.24) is 0 Å². The second kappa shape index (κ2) is 8.76. The summed E-state index contributed by atoms with van der Waals surface area (Å²) in [6.07, 6.45) is -1.04. The van der Waals surface area contributed by atoms with Gasteiger partial charge in [0.1, 0.15) is 6.10 Å². The first kappa shape index (κ1) is 25.6. The van der Waals surface area contributed by atoms with Crippen molar-refractivity contribution in [3.05, 3.63) is 11.5 Å². The van der Waals surface area contributed by atoms with Crippen LogP contribution in [0.15, 0.2) is 11.5 Å². The average molecular weight is 465 g/mol. The third-order valence-corrected chi connectivity index (χ3v) is 6.94. The molecular formula is C18H40O6Si4. The monoisotopic (exact) mass is 464 g/mol. The second-order valence-electron chi connectivity index (χ2n) is 11.1. The number of hydrogen-bond acceptors (Lipinski definition) is 6. The molecule has 0 amide bonds. The van der Waals surface area contributed by atoms with Gasteiger partial charge < -0.3 is 22.4 Å². The molecule has 0 aromatic rings. The third-order valence-electron chi connectivity index (χ3n) is 3.25. The highest BCUT2D eigenvalue weighted by atomic mass is 28.4. The fourth-order valence-electron chi connectivity index (χ4n) is 2.50. The Morgan fingerprint density at radius 2 is 1.29 bits per heavy atom. The number of ether oxygens (including phenoxy) is 1. The van der Waals surface area contributed by atoms with E-state index in [0.717, 1.165) is 0 Å². The van der Waals surface area contributed by atoms with E-state index in [1.807, 2.05) is 19.6 Å². The van der Waals surface area contributed by atoms with E-state index in [0.29, 0.717) is 12.4 Å². The lowest BCUT2D eigenvalue weighted by Gasteiger charge is -2.34. The molecule has 28 heavy (non-hydrogen) atoms. The third kappa shape index (κ3) is 9.40. The number of rotatable bonds is 10. The lowest BCUT2D eigenvalue weighted by Crippen LogP contribution is -2.46. The maximum Gasteiger partial charge on any atom is 0.376 e. The van der Waals surface area contributed by atoms with Crippen LogP contribution in [0.5, 0.6) is 0 Å². The van der Waals surface area contributed by atoms with Gasteiger partial charge in [-0.1, -0.05) is 0 Å². The highest BCUT2D eigenvalue weighted by molar-refractivity contribution is 6.71. The topological polar surface area (TPSA) is 63.2 Å². The molecule has 0 fully saturated rings. The molecule has 1 aliphatic heterocycles. The summed E-state index contributed by atoms with van der Waals surface area (Å²) in [5, 5.41) is 0. The van der Waals surface area contributed by atoms with E-state index >= 15 is 0 Å². The van der Waals surface area contributed by atoms with Gasteiger partial charge in [0.15, 0.2) is 28.5 Å². The smallest absolute Gasteiger partial charge is 0.376 e. The fourth-order valence-corrected chi connectivity index (χ4v) is 5.93. The van der Waals surface area contributed by atoms with Gasteiger partial charge in [-0.25, -0.2) is 4.79 Å². The van der Waals surface area contributed by atoms with Gasteiger partial charge >= 0.3 is 5.97 Å². The van der Waals surface area contributed by atoms with Crippen LogP contribution in [0.1, 0.15) is 0 Å². The van der Waals surface area contributed by atoms with E-state index in [2.05, 4.69) is 58.9 Å². The lowest BCUT2D eigenvalue weighted by molar-refractivity contribution is -0.146. The van der Waals surface area contributed by atoms with Gasteiger partial charge in [0.2, 0.25) is 22.4 Å². The molecule has 0 aromatic heterocycles. The maximum atomic E-state index is 12.7. The minimum absolute atomic E-state index is 0.226. The zero-order valence-corrected chi connectivity index (χ0v) is 23.8. The summed E-state index contributed by atoms with van der Waals surface area (Å²) in [4.78, 5) is 12.7. The second-order valence-corrected chi connectivity index (χ2v) is 29.0. The zero-order valence-electron chi connectivity index (χ0n) is 19.8. The molecule has 6 nitrogen and oxygen atoms in total. The number of hydrogen-bond donors (Lipinski definition) is 0. The molecule has 0 saturated heterocycles. The largest absolute Gasteiger partial charge is 0.542 e. The normalized spacial score (nSPS) is 20.3. The highest BCUT2D eigenvalue weighted by Gasteiger charge is 2.46. The Bertz CT molecular complexity index is 593. The van der Waals surface area contributed by atoms with Crippen LogP contribution in [0.3, 0.4) is 0 Å². The van der Waals surface area contributed by atoms with Crippen LogP contribution >= 0.6 is 0 Å². The summed E-state index contributed by atoms with van der Waals surface area (Å²) >= 11 is 0. The first-order valence-electron chi connectivity index (χ1n) is 9.92. The summed E-state index contributed by atoms with van der Waals surface area (Å²) in [7, 11) is -7.71. The van der Waals surface area contributed by atoms with Crippen LogP contribution in [0, 0.1) is 0 Å². The molecule has 0 bridgehead atoms. The molecular weight excluding hydrogens is 425 g/mol. The standard InChI is InChI=1S/C18H40O6Si4/c1-25(2,3)20-13-14(22-26(4,5)6)15-16(23-27(7,8)9)17(18(19)21-15)24-28(10,11)12/h14-15H,13H2,1-12H3/t14?,15-/m1/s1. The van der Waals surface area contributed by atoms with Gasteiger partial charge in [-0.2, -0.15) is 0 Å². The van der Waals surface area contributed by atoms with Crippen molar-refractivity contribution in [3.8, 4) is 0 Å². The highest BCUT2D eigenvalue weighted by Crippen LogP contribution is 2.33. The number of esters is 1. The summed E-state index contributed by atoms with van der Waals surface area (Å²) in [5.74, 6) is 0.260. The van der Waals surface area contributed by atoms with Crippen molar-refractivity contribution in [2.45, 2.75) is 90.8 Å². The molecule has 0 aliphatic carbocycles. The van der Waals surface area contributed by atoms with Gasteiger partial charge in [-0.15, -0.1) is 0 Å². The van der Waals surface area contributed by atoms with Crippen molar-refractivity contribution in [3.63, 3.8) is 0 Å². The van der Waals surface area contributed by atoms with E-state index in [9.17, 15) is 4.79 Å². The summed E-state index contributed by atoms with van der Waals surface area (Å²) in [6.45, 7) is 25.5. The van der Waals surface area contributed by atoms with Crippen LogP contribution in [-0.2, 0) is 27.2 Å². The Labute approximate surface area is 175 Å². The number of cyclic esters (lactones) is 1. The molecule has 0 spiro atoms. The molecule has 0 N–H and O–H groups in total. The van der Waals surface area contributed by atoms with Crippen molar-refractivity contribution < 1.29 is 27.2 Å². The van der Waals surface area contributed by atoms with Gasteiger partial charge in [0, 0.05) is 0 Å². The Morgan fingerprint density at radius 3 is 1.68 bits per heavy atom. The minimum Gasteiger partial charge on any atom is -0.542 e. The molecule has 1 rings (SSSR count). The van der Waals surface area contributed by atoms with Crippen LogP contribution in [-0.4, -0.2) is 58.1 Å². The Kier molecular flexibility index (Phi) is 8.02. The lowest BCUT2D eigenvalue weighted by atomic mass is 10.2. The van der Waals surface area contributed by atoms with E-state index in [1.165, 1.54) is 0 Å². The van der Waals surface area contributed by atoms with Gasteiger partial charge in [0.05, 0.1) is 6.61 Å². The minimum atomic E-state index is -2.02. The Hall–Kier alpha value is -0.402. The molecule has 1 heterocycles. The predicted octanol–water partition coefficient (Wildman–Crippen LogP) is 4.90. The molecule has 1 unspecified atom stereocenters. The van der Waals surface area contributed by atoms with Gasteiger partial charge in [0.25, 0.3) is 0 Å². The van der Waals surface area contributed by atoms with Crippen molar-refractivity contribution in [2.75, 3.05) is 6.61 Å². The van der Waals surface area contributed by atoms with E-state index in [1.54, 1.807) is 0 Å². The summed E-state index contributed by atoms with van der Waals surface area (Å²) < 4.78 is 30.7. The summed E-state index contributed by atoms with van der Waals surface area (Å²) in [6, 6.07) is 0. The average Bonchev–Trinajstić information content (AvgIpc) is 2.66. The van der Waals surface area contributed by atoms with Crippen LogP contribution in [0.2, 0.25) is 78.6 Å². The van der Waals surface area contributed by atoms with Gasteiger partial charge in [-0.3, -0.25) is 0 Å². The number of carbonyl (C=O) groups is 1. The van der Waals surface area contributed by atoms with Crippen molar-refractivity contribution in [2.24, 2.45) is 0 Å². The first-order valence-corrected chi connectivity index (χ1v) is 23.6. The SMILES string of the molecule is C[Si](C)(C)OCC(O[Si](C)(C)C)[C@H]1OC(=O)C(O[Si](C)(C)C)=C1O[Si](C)(C)C. The van der Waals surface area contributed by atoms with Crippen molar-refractivity contribution in [1.29, 1.82) is 0 Å². The molecule has 1 aliphatic rings. The first-order chi connectivity index (χ1) is 12.3. The molecule has 0 saturated carbocycles.